The molecule has 0 saturated carbocycles. The number of amides is 1. The fraction of sp³-hybridized carbons (Fsp3) is 0.290. The zero-order valence-corrected chi connectivity index (χ0v) is 23.0. The number of aryl methyl sites for hydroxylation is 2. The average molecular weight is 544 g/mol. The van der Waals surface area contributed by atoms with Gasteiger partial charge in [0.1, 0.15) is 23.1 Å². The fourth-order valence-corrected chi connectivity index (χ4v) is 5.37. The number of piperazine rings is 1. The smallest absolute Gasteiger partial charge is 0.246 e. The molecule has 0 unspecified atom stereocenters. The van der Waals surface area contributed by atoms with Crippen molar-refractivity contribution >= 4 is 22.6 Å². The van der Waals surface area contributed by atoms with E-state index in [-0.39, 0.29) is 23.1 Å². The number of carbonyl (C=O) groups is 1. The van der Waals surface area contributed by atoms with Gasteiger partial charge in [-0.3, -0.25) is 9.78 Å². The Labute approximate surface area is 231 Å². The molecule has 0 atom stereocenters. The van der Waals surface area contributed by atoms with Crippen LogP contribution < -0.4 is 4.90 Å². The number of phenols is 1. The second-order valence-electron chi connectivity index (χ2n) is 10.3. The first kappa shape index (κ1) is 27.2. The zero-order valence-electron chi connectivity index (χ0n) is 23.0. The van der Waals surface area contributed by atoms with Crippen LogP contribution in [0.1, 0.15) is 36.7 Å². The molecule has 0 spiro atoms. The van der Waals surface area contributed by atoms with Crippen molar-refractivity contribution in [3.63, 3.8) is 0 Å². The summed E-state index contributed by atoms with van der Waals surface area (Å²) in [6.45, 7) is 13.4. The lowest BCUT2D eigenvalue weighted by atomic mass is 9.91. The van der Waals surface area contributed by atoms with E-state index >= 15 is 4.39 Å². The summed E-state index contributed by atoms with van der Waals surface area (Å²) in [7, 11) is 0. The normalized spacial score (nSPS) is 13.8. The Balaban J connectivity index is 1.80. The summed E-state index contributed by atoms with van der Waals surface area (Å²) in [6, 6.07) is 7.05. The molecule has 1 saturated heterocycles. The standard InChI is InChI=1S/C31H31F2N5O2/c1-6-24(40)37-12-14-38(15-13-37)31-20-16-22(33)30(27-21(32)8-7-9-23(27)39)36-29(20)26(19(5)35-31)25-18(4)10-11-34-28(25)17(2)3/h6-11,16-17,39H,1,12-15H2,2-5H3. The SMILES string of the molecule is C=CC(=O)N1CCN(c2nc(C)c(-c3c(C)ccnc3C(C)C)c3nc(-c4c(O)cccc4F)c(F)cc23)CC1. The largest absolute Gasteiger partial charge is 0.507 e. The predicted molar refractivity (Wildman–Crippen MR) is 152 cm³/mol. The molecule has 40 heavy (non-hydrogen) atoms. The maximum absolute atomic E-state index is 15.8. The van der Waals surface area contributed by atoms with E-state index in [2.05, 4.69) is 11.6 Å². The highest BCUT2D eigenvalue weighted by atomic mass is 19.1. The van der Waals surface area contributed by atoms with E-state index in [0.717, 1.165) is 22.9 Å². The van der Waals surface area contributed by atoms with Crippen LogP contribution in [0.15, 0.2) is 49.2 Å². The number of anilines is 1. The first-order valence-corrected chi connectivity index (χ1v) is 13.2. The third kappa shape index (κ3) is 4.65. The molecule has 1 fully saturated rings. The Kier molecular flexibility index (Phi) is 7.23. The summed E-state index contributed by atoms with van der Waals surface area (Å²) in [5.41, 5.74) is 3.85. The molecule has 0 aliphatic carbocycles. The van der Waals surface area contributed by atoms with Gasteiger partial charge in [0.25, 0.3) is 0 Å². The molecule has 3 aromatic heterocycles. The van der Waals surface area contributed by atoms with E-state index in [1.807, 2.05) is 38.7 Å². The number of pyridine rings is 3. The Morgan fingerprint density at radius 1 is 1.02 bits per heavy atom. The number of halogens is 2. The van der Waals surface area contributed by atoms with Crippen LogP contribution in [-0.4, -0.2) is 57.0 Å². The number of rotatable bonds is 5. The summed E-state index contributed by atoms with van der Waals surface area (Å²) in [5, 5.41) is 10.9. The molecule has 1 aliphatic heterocycles. The number of fused-ring (bicyclic) bond motifs is 1. The van der Waals surface area contributed by atoms with Crippen molar-refractivity contribution in [2.45, 2.75) is 33.6 Å². The van der Waals surface area contributed by atoms with Crippen LogP contribution in [-0.2, 0) is 4.79 Å². The van der Waals surface area contributed by atoms with E-state index in [4.69, 9.17) is 9.97 Å². The topological polar surface area (TPSA) is 82.5 Å². The van der Waals surface area contributed by atoms with Crippen molar-refractivity contribution in [2.75, 3.05) is 31.1 Å². The molecule has 4 aromatic rings. The van der Waals surface area contributed by atoms with Crippen molar-refractivity contribution < 1.29 is 18.7 Å². The summed E-state index contributed by atoms with van der Waals surface area (Å²) in [5.74, 6) is -1.48. The first-order chi connectivity index (χ1) is 19.1. The zero-order chi connectivity index (χ0) is 28.7. The van der Waals surface area contributed by atoms with Gasteiger partial charge < -0.3 is 14.9 Å². The molecular weight excluding hydrogens is 512 g/mol. The molecule has 1 aromatic carbocycles. The maximum Gasteiger partial charge on any atom is 0.246 e. The van der Waals surface area contributed by atoms with Gasteiger partial charge >= 0.3 is 0 Å². The Morgan fingerprint density at radius 3 is 2.40 bits per heavy atom. The number of benzene rings is 1. The van der Waals surface area contributed by atoms with Crippen molar-refractivity contribution in [3.05, 3.63) is 77.8 Å². The highest BCUT2D eigenvalue weighted by molar-refractivity contribution is 6.03. The van der Waals surface area contributed by atoms with E-state index in [1.165, 1.54) is 24.3 Å². The van der Waals surface area contributed by atoms with Gasteiger partial charge in [0.2, 0.25) is 5.91 Å². The van der Waals surface area contributed by atoms with Crippen LogP contribution >= 0.6 is 0 Å². The maximum atomic E-state index is 15.8. The van der Waals surface area contributed by atoms with Crippen LogP contribution in [0.5, 0.6) is 5.75 Å². The van der Waals surface area contributed by atoms with Gasteiger partial charge in [0.05, 0.1) is 16.8 Å². The predicted octanol–water partition coefficient (Wildman–Crippen LogP) is 5.92. The molecule has 1 amide bonds. The number of phenolic OH excluding ortho intramolecular Hbond substituents is 1. The lowest BCUT2D eigenvalue weighted by molar-refractivity contribution is -0.126. The van der Waals surface area contributed by atoms with Gasteiger partial charge in [-0.05, 0) is 55.7 Å². The van der Waals surface area contributed by atoms with Gasteiger partial charge in [-0.1, -0.05) is 26.5 Å². The molecule has 0 bridgehead atoms. The minimum Gasteiger partial charge on any atom is -0.507 e. The average Bonchev–Trinajstić information content (AvgIpc) is 2.93. The van der Waals surface area contributed by atoms with E-state index < -0.39 is 17.4 Å². The van der Waals surface area contributed by atoms with Gasteiger partial charge in [0, 0.05) is 54.6 Å². The monoisotopic (exact) mass is 543 g/mol. The van der Waals surface area contributed by atoms with Gasteiger partial charge in [-0.25, -0.2) is 18.7 Å². The molecule has 0 radical (unpaired) electrons. The second kappa shape index (κ2) is 10.6. The van der Waals surface area contributed by atoms with Crippen molar-refractivity contribution in [1.29, 1.82) is 0 Å². The summed E-state index contributed by atoms with van der Waals surface area (Å²) >= 11 is 0. The minimum atomic E-state index is -0.779. The number of aromatic nitrogens is 3. The van der Waals surface area contributed by atoms with Gasteiger partial charge in [0.15, 0.2) is 5.82 Å². The number of aromatic hydroxyl groups is 1. The minimum absolute atomic E-state index is 0.0787. The highest BCUT2D eigenvalue weighted by Gasteiger charge is 2.28. The molecule has 9 heteroatoms. The lowest BCUT2D eigenvalue weighted by Gasteiger charge is -2.35. The highest BCUT2D eigenvalue weighted by Crippen LogP contribution is 2.42. The second-order valence-corrected chi connectivity index (χ2v) is 10.3. The summed E-state index contributed by atoms with van der Waals surface area (Å²) in [6.07, 6.45) is 3.05. The van der Waals surface area contributed by atoms with Gasteiger partial charge in [-0.15, -0.1) is 0 Å². The Hall–Kier alpha value is -4.40. The lowest BCUT2D eigenvalue weighted by Crippen LogP contribution is -2.48. The Morgan fingerprint density at radius 2 is 1.75 bits per heavy atom. The van der Waals surface area contributed by atoms with E-state index in [0.29, 0.717) is 54.2 Å². The molecule has 7 nitrogen and oxygen atoms in total. The first-order valence-electron chi connectivity index (χ1n) is 13.2. The van der Waals surface area contributed by atoms with Crippen molar-refractivity contribution in [3.8, 4) is 28.1 Å². The number of hydrogen-bond donors (Lipinski definition) is 1. The van der Waals surface area contributed by atoms with E-state index in [9.17, 15) is 14.3 Å². The van der Waals surface area contributed by atoms with E-state index in [1.54, 1.807) is 11.1 Å². The third-order valence-corrected chi connectivity index (χ3v) is 7.37. The molecule has 5 rings (SSSR count). The quantitative estimate of drug-likeness (QED) is 0.315. The number of hydrogen-bond acceptors (Lipinski definition) is 6. The van der Waals surface area contributed by atoms with Gasteiger partial charge in [-0.2, -0.15) is 0 Å². The molecule has 1 aliphatic rings. The molecular formula is C31H31F2N5O2. The van der Waals surface area contributed by atoms with Crippen LogP contribution in [0.4, 0.5) is 14.6 Å². The number of carbonyl (C=O) groups excluding carboxylic acids is 1. The van der Waals surface area contributed by atoms with Crippen molar-refractivity contribution in [1.82, 2.24) is 19.9 Å². The molecule has 4 heterocycles. The van der Waals surface area contributed by atoms with Crippen LogP contribution in [0, 0.1) is 25.5 Å². The Bertz CT molecular complexity index is 1630. The van der Waals surface area contributed by atoms with Crippen molar-refractivity contribution in [2.24, 2.45) is 0 Å². The van der Waals surface area contributed by atoms with Crippen LogP contribution in [0.3, 0.4) is 0 Å². The van der Waals surface area contributed by atoms with Crippen LogP contribution in [0.25, 0.3) is 33.3 Å². The molecule has 206 valence electrons. The molecule has 1 N–H and O–H groups in total. The summed E-state index contributed by atoms with van der Waals surface area (Å²) < 4.78 is 30.7. The van der Waals surface area contributed by atoms with Crippen LogP contribution in [0.2, 0.25) is 0 Å². The third-order valence-electron chi connectivity index (χ3n) is 7.37. The summed E-state index contributed by atoms with van der Waals surface area (Å²) in [4.78, 5) is 30.2. The fourth-order valence-electron chi connectivity index (χ4n) is 5.37. The number of nitrogens with zero attached hydrogens (tertiary/aromatic N) is 5.